The summed E-state index contributed by atoms with van der Waals surface area (Å²) in [5.41, 5.74) is 1.07. The average molecular weight is 393 g/mol. The number of halogens is 1. The molecule has 2 aliphatic rings. The van der Waals surface area contributed by atoms with E-state index in [-0.39, 0.29) is 17.9 Å². The lowest BCUT2D eigenvalue weighted by Crippen LogP contribution is -2.49. The summed E-state index contributed by atoms with van der Waals surface area (Å²) in [5, 5.41) is 23.6. The Bertz CT molecular complexity index is 960. The molecule has 2 bridgehead atoms. The van der Waals surface area contributed by atoms with Crippen LogP contribution < -0.4 is 0 Å². The van der Waals surface area contributed by atoms with Crippen LogP contribution in [0, 0.1) is 5.82 Å². The summed E-state index contributed by atoms with van der Waals surface area (Å²) in [7, 11) is 0. The predicted octanol–water partition coefficient (Wildman–Crippen LogP) is 2.88. The van der Waals surface area contributed by atoms with E-state index in [0.717, 1.165) is 29.8 Å². The van der Waals surface area contributed by atoms with Gasteiger partial charge in [0.05, 0.1) is 18.7 Å². The maximum absolute atomic E-state index is 13.3. The first-order chi connectivity index (χ1) is 14.1. The third kappa shape index (κ3) is 3.56. The number of piperidine rings is 1. The van der Waals surface area contributed by atoms with Crippen molar-refractivity contribution in [3.8, 4) is 0 Å². The van der Waals surface area contributed by atoms with E-state index in [1.807, 2.05) is 22.9 Å². The molecule has 0 spiro atoms. The molecule has 0 aliphatic carbocycles. The molecule has 3 heterocycles. The van der Waals surface area contributed by atoms with Crippen LogP contribution in [0.4, 0.5) is 4.39 Å². The van der Waals surface area contributed by atoms with E-state index in [4.69, 9.17) is 0 Å². The van der Waals surface area contributed by atoms with Crippen molar-refractivity contribution in [2.24, 2.45) is 0 Å². The van der Waals surface area contributed by atoms with Crippen LogP contribution >= 0.6 is 0 Å². The fourth-order valence-electron chi connectivity index (χ4n) is 4.95. The van der Waals surface area contributed by atoms with E-state index < -0.39 is 5.60 Å². The molecule has 7 heteroatoms. The highest BCUT2D eigenvalue weighted by Gasteiger charge is 2.48. The molecule has 0 saturated carbocycles. The van der Waals surface area contributed by atoms with Gasteiger partial charge in [-0.3, -0.25) is 4.90 Å². The normalized spacial score (nSPS) is 26.7. The highest BCUT2D eigenvalue weighted by molar-refractivity contribution is 5.25. The molecule has 2 fully saturated rings. The molecule has 2 aromatic carbocycles. The van der Waals surface area contributed by atoms with Gasteiger partial charge in [0.15, 0.2) is 5.82 Å². The lowest BCUT2D eigenvalue weighted by atomic mass is 9.80. The van der Waals surface area contributed by atoms with E-state index >= 15 is 0 Å². The van der Waals surface area contributed by atoms with Crippen LogP contribution in [-0.4, -0.2) is 42.3 Å². The summed E-state index contributed by atoms with van der Waals surface area (Å²) in [6, 6.07) is 17.0. The first-order valence-electron chi connectivity index (χ1n) is 10.1. The van der Waals surface area contributed by atoms with Crippen LogP contribution in [0.3, 0.4) is 0 Å². The fourth-order valence-corrected chi connectivity index (χ4v) is 4.95. The van der Waals surface area contributed by atoms with Crippen molar-refractivity contribution in [3.63, 3.8) is 0 Å². The summed E-state index contributed by atoms with van der Waals surface area (Å²) in [5.74, 6) is 0.570. The Labute approximate surface area is 169 Å². The minimum Gasteiger partial charge on any atom is -0.385 e. The fraction of sp³-hybridized carbons (Fsp3) is 0.409. The van der Waals surface area contributed by atoms with Crippen molar-refractivity contribution in [3.05, 3.63) is 77.4 Å². The zero-order valence-electron chi connectivity index (χ0n) is 16.2. The number of rotatable bonds is 5. The van der Waals surface area contributed by atoms with E-state index in [2.05, 4.69) is 32.6 Å². The summed E-state index contributed by atoms with van der Waals surface area (Å²) < 4.78 is 15.2. The molecule has 2 atom stereocenters. The molecular weight excluding hydrogens is 369 g/mol. The summed E-state index contributed by atoms with van der Waals surface area (Å²) >= 11 is 0. The number of fused-ring (bicyclic) bond motifs is 2. The van der Waals surface area contributed by atoms with Crippen LogP contribution in [0.25, 0.3) is 0 Å². The van der Waals surface area contributed by atoms with Gasteiger partial charge < -0.3 is 5.11 Å². The van der Waals surface area contributed by atoms with Crippen LogP contribution in [0.1, 0.15) is 42.6 Å². The second-order valence-corrected chi connectivity index (χ2v) is 8.24. The summed E-state index contributed by atoms with van der Waals surface area (Å²) in [6.45, 7) is 1.32. The number of aromatic nitrogens is 4. The van der Waals surface area contributed by atoms with Gasteiger partial charge in [0.25, 0.3) is 0 Å². The molecular formula is C22H24FN5O. The maximum Gasteiger partial charge on any atom is 0.165 e. The van der Waals surface area contributed by atoms with Gasteiger partial charge in [-0.25, -0.2) is 9.07 Å². The lowest BCUT2D eigenvalue weighted by molar-refractivity contribution is -0.0604. The van der Waals surface area contributed by atoms with Gasteiger partial charge in [-0.1, -0.05) is 42.5 Å². The number of nitrogens with zero attached hydrogens (tertiary/aromatic N) is 5. The van der Waals surface area contributed by atoms with Crippen molar-refractivity contribution < 1.29 is 9.50 Å². The topological polar surface area (TPSA) is 67.1 Å². The maximum atomic E-state index is 13.3. The zero-order chi connectivity index (χ0) is 19.8. The van der Waals surface area contributed by atoms with Gasteiger partial charge in [-0.05, 0) is 59.4 Å². The van der Waals surface area contributed by atoms with E-state index in [1.54, 1.807) is 12.1 Å². The van der Waals surface area contributed by atoms with Gasteiger partial charge in [0.2, 0.25) is 0 Å². The van der Waals surface area contributed by atoms with E-state index in [0.29, 0.717) is 25.9 Å². The Balaban J connectivity index is 1.32. The molecule has 1 N–H and O–H groups in total. The number of hydrogen-bond donors (Lipinski definition) is 1. The predicted molar refractivity (Wildman–Crippen MR) is 105 cm³/mol. The first-order valence-corrected chi connectivity index (χ1v) is 10.1. The molecule has 3 aromatic rings. The van der Waals surface area contributed by atoms with Crippen LogP contribution in [0.15, 0.2) is 54.6 Å². The van der Waals surface area contributed by atoms with Gasteiger partial charge in [0.1, 0.15) is 5.82 Å². The van der Waals surface area contributed by atoms with Crippen LogP contribution in [-0.2, 0) is 18.7 Å². The molecule has 0 radical (unpaired) electrons. The van der Waals surface area contributed by atoms with Crippen molar-refractivity contribution in [1.29, 1.82) is 0 Å². The van der Waals surface area contributed by atoms with Crippen molar-refractivity contribution in [2.75, 3.05) is 0 Å². The Hall–Kier alpha value is -2.64. The Morgan fingerprint density at radius 2 is 1.66 bits per heavy atom. The Morgan fingerprint density at radius 3 is 2.34 bits per heavy atom. The van der Waals surface area contributed by atoms with E-state index in [9.17, 15) is 9.50 Å². The molecule has 1 aromatic heterocycles. The smallest absolute Gasteiger partial charge is 0.165 e. The second kappa shape index (κ2) is 7.31. The molecule has 29 heavy (non-hydrogen) atoms. The van der Waals surface area contributed by atoms with Crippen molar-refractivity contribution in [1.82, 2.24) is 25.1 Å². The largest absolute Gasteiger partial charge is 0.385 e. The van der Waals surface area contributed by atoms with Crippen molar-refractivity contribution in [2.45, 2.75) is 56.5 Å². The molecule has 6 nitrogen and oxygen atoms in total. The highest BCUT2D eigenvalue weighted by atomic mass is 19.1. The summed E-state index contributed by atoms with van der Waals surface area (Å²) in [6.07, 6.45) is 3.40. The SMILES string of the molecule is OC1(c2ccc(F)cc2)C[C@@H]2CC[C@@H](C1)N2Cc1nnnn1Cc1ccccc1. The first kappa shape index (κ1) is 18.4. The molecule has 0 unspecified atom stereocenters. The van der Waals surface area contributed by atoms with Gasteiger partial charge in [-0.15, -0.1) is 5.10 Å². The molecule has 0 amide bonds. The minimum absolute atomic E-state index is 0.269. The molecule has 150 valence electrons. The third-order valence-corrected chi connectivity index (χ3v) is 6.40. The van der Waals surface area contributed by atoms with Crippen LogP contribution in [0.5, 0.6) is 0 Å². The highest BCUT2D eigenvalue weighted by Crippen LogP contribution is 2.46. The standard InChI is InChI=1S/C22H24FN5O/c23-18-8-6-17(7-9-18)22(29)12-19-10-11-20(13-22)27(19)15-21-24-25-26-28(21)14-16-4-2-1-3-5-16/h1-9,19-20,29H,10-15H2/t19-,20-/m0/s1. The minimum atomic E-state index is -0.897. The van der Waals surface area contributed by atoms with Gasteiger partial charge in [0, 0.05) is 12.1 Å². The quantitative estimate of drug-likeness (QED) is 0.722. The average Bonchev–Trinajstić information content (AvgIpc) is 3.25. The lowest BCUT2D eigenvalue weighted by Gasteiger charge is -2.43. The third-order valence-electron chi connectivity index (χ3n) is 6.40. The zero-order valence-corrected chi connectivity index (χ0v) is 16.2. The van der Waals surface area contributed by atoms with Crippen LogP contribution in [0.2, 0.25) is 0 Å². The number of aliphatic hydroxyl groups is 1. The Morgan fingerprint density at radius 1 is 0.966 bits per heavy atom. The molecule has 2 aliphatic heterocycles. The summed E-state index contributed by atoms with van der Waals surface area (Å²) in [4.78, 5) is 2.44. The number of hydrogen-bond acceptors (Lipinski definition) is 5. The van der Waals surface area contributed by atoms with E-state index in [1.165, 1.54) is 12.1 Å². The second-order valence-electron chi connectivity index (χ2n) is 8.24. The Kier molecular flexibility index (Phi) is 4.64. The molecule has 2 saturated heterocycles. The van der Waals surface area contributed by atoms with Crippen molar-refractivity contribution >= 4 is 0 Å². The van der Waals surface area contributed by atoms with Gasteiger partial charge >= 0.3 is 0 Å². The number of benzene rings is 2. The molecule has 5 rings (SSSR count). The number of tetrazole rings is 1. The monoisotopic (exact) mass is 393 g/mol. The van der Waals surface area contributed by atoms with Gasteiger partial charge in [-0.2, -0.15) is 0 Å².